The lowest BCUT2D eigenvalue weighted by Crippen LogP contribution is -2.44. The number of hydrogen-bond acceptors (Lipinski definition) is 3. The van der Waals surface area contributed by atoms with Gasteiger partial charge in [-0.1, -0.05) is 42.5 Å². The van der Waals surface area contributed by atoms with Crippen LogP contribution in [-0.2, 0) is 19.5 Å². The molecule has 0 saturated heterocycles. The van der Waals surface area contributed by atoms with Crippen LogP contribution in [0, 0.1) is 0 Å². The number of aromatic nitrogens is 3. The minimum atomic E-state index is 0.627. The Morgan fingerprint density at radius 1 is 1.19 bits per heavy atom. The van der Waals surface area contributed by atoms with Crippen molar-refractivity contribution in [3.63, 3.8) is 0 Å². The minimum absolute atomic E-state index is 0.627. The molecule has 1 aliphatic rings. The van der Waals surface area contributed by atoms with E-state index in [2.05, 4.69) is 68.7 Å². The van der Waals surface area contributed by atoms with Crippen LogP contribution < -0.4 is 5.32 Å². The zero-order valence-electron chi connectivity index (χ0n) is 15.5. The predicted octanol–water partition coefficient (Wildman–Crippen LogP) is 3.00. The summed E-state index contributed by atoms with van der Waals surface area (Å²) in [6.07, 6.45) is 2.58. The summed E-state index contributed by atoms with van der Waals surface area (Å²) >= 11 is 0. The summed E-state index contributed by atoms with van der Waals surface area (Å²) in [5, 5.41) is 10.3. The Morgan fingerprint density at radius 2 is 2.07 bits per heavy atom. The van der Waals surface area contributed by atoms with E-state index in [1.54, 1.807) is 0 Å². The molecule has 27 heavy (non-hydrogen) atoms. The lowest BCUT2D eigenvalue weighted by Gasteiger charge is -2.31. The molecule has 2 heterocycles. The molecule has 2 aromatic carbocycles. The Kier molecular flexibility index (Phi) is 5.14. The maximum atomic E-state index is 4.89. The van der Waals surface area contributed by atoms with E-state index >= 15 is 0 Å². The molecule has 138 valence electrons. The monoisotopic (exact) mass is 360 g/mol. The molecule has 0 spiro atoms. The van der Waals surface area contributed by atoms with Gasteiger partial charge in [0, 0.05) is 25.2 Å². The van der Waals surface area contributed by atoms with Crippen LogP contribution in [0.3, 0.4) is 0 Å². The third-order valence-electron chi connectivity index (χ3n) is 4.79. The molecule has 0 saturated carbocycles. The topological polar surface area (TPSA) is 69.2 Å². The smallest absolute Gasteiger partial charge is 0.194 e. The zero-order valence-corrected chi connectivity index (χ0v) is 15.5. The van der Waals surface area contributed by atoms with E-state index in [0.29, 0.717) is 6.54 Å². The summed E-state index contributed by atoms with van der Waals surface area (Å²) in [6, 6.07) is 16.9. The second-order valence-electron chi connectivity index (χ2n) is 6.64. The fraction of sp³-hybridized carbons (Fsp3) is 0.286. The number of rotatable bonds is 4. The van der Waals surface area contributed by atoms with Gasteiger partial charge in [-0.3, -0.25) is 5.10 Å². The minimum Gasteiger partial charge on any atom is -0.356 e. The van der Waals surface area contributed by atoms with Gasteiger partial charge in [-0.15, -0.1) is 0 Å². The number of aliphatic imine (C=N–C) groups is 1. The van der Waals surface area contributed by atoms with E-state index in [1.807, 2.05) is 12.1 Å². The van der Waals surface area contributed by atoms with Crippen LogP contribution >= 0.6 is 0 Å². The first-order chi connectivity index (χ1) is 13.3. The zero-order chi connectivity index (χ0) is 18.5. The SMILES string of the molecule is CCNC(=NCc1cccc(-c2ncn[nH]2)c1)N1CCc2ccccc2C1. The summed E-state index contributed by atoms with van der Waals surface area (Å²) in [5.74, 6) is 1.75. The van der Waals surface area contributed by atoms with Crippen molar-refractivity contribution in [2.24, 2.45) is 4.99 Å². The van der Waals surface area contributed by atoms with Crippen LogP contribution in [0.25, 0.3) is 11.4 Å². The van der Waals surface area contributed by atoms with Crippen LogP contribution in [0.4, 0.5) is 0 Å². The highest BCUT2D eigenvalue weighted by molar-refractivity contribution is 5.80. The van der Waals surface area contributed by atoms with Gasteiger partial charge < -0.3 is 10.2 Å². The molecule has 6 heteroatoms. The van der Waals surface area contributed by atoms with Crippen LogP contribution in [-0.4, -0.2) is 39.1 Å². The van der Waals surface area contributed by atoms with Gasteiger partial charge in [0.2, 0.25) is 0 Å². The van der Waals surface area contributed by atoms with E-state index in [0.717, 1.165) is 49.0 Å². The van der Waals surface area contributed by atoms with E-state index in [9.17, 15) is 0 Å². The third-order valence-corrected chi connectivity index (χ3v) is 4.79. The number of hydrogen-bond donors (Lipinski definition) is 2. The summed E-state index contributed by atoms with van der Waals surface area (Å²) in [7, 11) is 0. The van der Waals surface area contributed by atoms with Crippen molar-refractivity contribution >= 4 is 5.96 Å². The first kappa shape index (κ1) is 17.3. The molecule has 0 atom stereocenters. The predicted molar refractivity (Wildman–Crippen MR) is 107 cm³/mol. The maximum absolute atomic E-state index is 4.89. The average molecular weight is 360 g/mol. The maximum Gasteiger partial charge on any atom is 0.194 e. The standard InChI is InChI=1S/C21H24N6/c1-2-22-21(27-11-10-17-7-3-4-8-19(17)14-27)23-13-16-6-5-9-18(12-16)20-24-15-25-26-20/h3-9,12,15H,2,10-11,13-14H2,1H3,(H,22,23)(H,24,25,26). The van der Waals surface area contributed by atoms with Crippen LogP contribution in [0.15, 0.2) is 59.9 Å². The first-order valence-electron chi connectivity index (χ1n) is 9.38. The van der Waals surface area contributed by atoms with Gasteiger partial charge in [0.25, 0.3) is 0 Å². The Hall–Kier alpha value is -3.15. The number of aromatic amines is 1. The van der Waals surface area contributed by atoms with Crippen LogP contribution in [0.5, 0.6) is 0 Å². The second-order valence-corrected chi connectivity index (χ2v) is 6.64. The highest BCUT2D eigenvalue weighted by atomic mass is 15.3. The Bertz CT molecular complexity index is 916. The molecule has 1 aromatic heterocycles. The Labute approximate surface area is 159 Å². The van der Waals surface area contributed by atoms with Crippen molar-refractivity contribution < 1.29 is 0 Å². The van der Waals surface area contributed by atoms with Crippen molar-refractivity contribution in [1.82, 2.24) is 25.4 Å². The number of guanidine groups is 1. The van der Waals surface area contributed by atoms with Gasteiger partial charge in [-0.2, -0.15) is 5.10 Å². The van der Waals surface area contributed by atoms with Crippen molar-refractivity contribution in [2.75, 3.05) is 13.1 Å². The molecule has 1 aliphatic heterocycles. The van der Waals surface area contributed by atoms with E-state index in [1.165, 1.54) is 17.5 Å². The van der Waals surface area contributed by atoms with Crippen molar-refractivity contribution in [2.45, 2.75) is 26.4 Å². The lowest BCUT2D eigenvalue weighted by molar-refractivity contribution is 0.378. The van der Waals surface area contributed by atoms with Gasteiger partial charge in [-0.25, -0.2) is 9.98 Å². The molecule has 4 rings (SSSR count). The highest BCUT2D eigenvalue weighted by Gasteiger charge is 2.18. The normalized spacial score (nSPS) is 14.1. The fourth-order valence-electron chi connectivity index (χ4n) is 3.43. The number of nitrogens with one attached hydrogen (secondary N) is 2. The van der Waals surface area contributed by atoms with Gasteiger partial charge >= 0.3 is 0 Å². The second kappa shape index (κ2) is 8.03. The molecule has 0 aliphatic carbocycles. The summed E-state index contributed by atoms with van der Waals surface area (Å²) in [6.45, 7) is 5.48. The first-order valence-corrected chi connectivity index (χ1v) is 9.38. The highest BCUT2D eigenvalue weighted by Crippen LogP contribution is 2.19. The number of benzene rings is 2. The van der Waals surface area contributed by atoms with E-state index < -0.39 is 0 Å². The van der Waals surface area contributed by atoms with Crippen LogP contribution in [0.1, 0.15) is 23.6 Å². The fourth-order valence-corrected chi connectivity index (χ4v) is 3.43. The molecule has 0 bridgehead atoms. The van der Waals surface area contributed by atoms with E-state index in [-0.39, 0.29) is 0 Å². The van der Waals surface area contributed by atoms with Gasteiger partial charge in [0.1, 0.15) is 6.33 Å². The van der Waals surface area contributed by atoms with E-state index in [4.69, 9.17) is 4.99 Å². The quantitative estimate of drug-likeness (QED) is 0.554. The van der Waals surface area contributed by atoms with Crippen molar-refractivity contribution in [3.05, 3.63) is 71.5 Å². The molecule has 0 amide bonds. The number of fused-ring (bicyclic) bond motifs is 1. The molecule has 6 nitrogen and oxygen atoms in total. The lowest BCUT2D eigenvalue weighted by atomic mass is 10.0. The summed E-state index contributed by atoms with van der Waals surface area (Å²) < 4.78 is 0. The molecule has 0 fully saturated rings. The molecule has 0 radical (unpaired) electrons. The molecular formula is C21H24N6. The molecule has 0 unspecified atom stereocenters. The Balaban J connectivity index is 1.51. The largest absolute Gasteiger partial charge is 0.356 e. The number of H-pyrrole nitrogens is 1. The van der Waals surface area contributed by atoms with Gasteiger partial charge in [0.15, 0.2) is 11.8 Å². The third kappa shape index (κ3) is 4.00. The van der Waals surface area contributed by atoms with Gasteiger partial charge in [0.05, 0.1) is 6.54 Å². The average Bonchev–Trinajstić information content (AvgIpc) is 3.26. The van der Waals surface area contributed by atoms with Crippen LogP contribution in [0.2, 0.25) is 0 Å². The molecule has 3 aromatic rings. The molecular weight excluding hydrogens is 336 g/mol. The van der Waals surface area contributed by atoms with Crippen molar-refractivity contribution in [1.29, 1.82) is 0 Å². The summed E-state index contributed by atoms with van der Waals surface area (Å²) in [5.41, 5.74) is 5.01. The Morgan fingerprint density at radius 3 is 2.89 bits per heavy atom. The number of nitrogens with zero attached hydrogens (tertiary/aromatic N) is 4. The molecule has 2 N–H and O–H groups in total. The van der Waals surface area contributed by atoms with Gasteiger partial charge in [-0.05, 0) is 36.1 Å². The summed E-state index contributed by atoms with van der Waals surface area (Å²) in [4.78, 5) is 11.5. The van der Waals surface area contributed by atoms with Crippen molar-refractivity contribution in [3.8, 4) is 11.4 Å².